The smallest absolute Gasteiger partial charge is 0.337 e. The van der Waals surface area contributed by atoms with Crippen molar-refractivity contribution in [1.29, 1.82) is 0 Å². The molecule has 0 atom stereocenters. The fourth-order valence-electron chi connectivity index (χ4n) is 2.84. The molecular weight excluding hydrogens is 345 g/mol. The summed E-state index contributed by atoms with van der Waals surface area (Å²) >= 11 is 0. The topological polar surface area (TPSA) is 51.1 Å². The Morgan fingerprint density at radius 3 is 2.38 bits per heavy atom. The molecule has 0 aliphatic heterocycles. The van der Waals surface area contributed by atoms with E-state index in [4.69, 9.17) is 0 Å². The molecule has 1 amide bonds. The Hall–Kier alpha value is -3.09. The number of hydrogen-bond donors (Lipinski definition) is 1. The van der Waals surface area contributed by atoms with Gasteiger partial charge in [0, 0.05) is 22.7 Å². The molecule has 0 radical (unpaired) electrons. The number of carbonyl (C=O) groups excluding carboxylic acids is 2. The number of hydrogen-bond acceptors (Lipinski definition) is 2. The minimum absolute atomic E-state index is 0.150. The van der Waals surface area contributed by atoms with Gasteiger partial charge in [-0.1, -0.05) is 30.3 Å². The highest BCUT2D eigenvalue weighted by molar-refractivity contribution is 6.07. The molecule has 4 nitrogen and oxygen atoms in total. The zero-order valence-electron chi connectivity index (χ0n) is 13.8. The molecule has 0 saturated heterocycles. The van der Waals surface area contributed by atoms with Crippen LogP contribution in [0.3, 0.4) is 0 Å². The van der Waals surface area contributed by atoms with Gasteiger partial charge in [0.2, 0.25) is 5.91 Å². The number of Topliss-reactive ketones (excluding diaryl/α,β-unsaturated/α-hetero) is 1. The van der Waals surface area contributed by atoms with E-state index in [1.54, 1.807) is 35.0 Å². The van der Waals surface area contributed by atoms with Crippen molar-refractivity contribution in [3.8, 4) is 0 Å². The Morgan fingerprint density at radius 1 is 1.04 bits per heavy atom. The maximum Gasteiger partial charge on any atom is 0.418 e. The van der Waals surface area contributed by atoms with Gasteiger partial charge in [-0.2, -0.15) is 13.2 Å². The number of ketones is 1. The maximum absolute atomic E-state index is 13.0. The minimum Gasteiger partial charge on any atom is -0.337 e. The van der Waals surface area contributed by atoms with Gasteiger partial charge in [0.1, 0.15) is 6.54 Å². The molecule has 0 bridgehead atoms. The van der Waals surface area contributed by atoms with Crippen LogP contribution in [0.2, 0.25) is 0 Å². The van der Waals surface area contributed by atoms with Crippen LogP contribution in [0, 0.1) is 0 Å². The van der Waals surface area contributed by atoms with Crippen LogP contribution >= 0.6 is 0 Å². The summed E-state index contributed by atoms with van der Waals surface area (Å²) in [4.78, 5) is 24.1. The van der Waals surface area contributed by atoms with Crippen molar-refractivity contribution in [1.82, 2.24) is 4.57 Å². The molecular formula is C19H15F3N2O2. The van der Waals surface area contributed by atoms with Crippen molar-refractivity contribution in [3.63, 3.8) is 0 Å². The first-order valence-electron chi connectivity index (χ1n) is 7.82. The van der Waals surface area contributed by atoms with E-state index in [-0.39, 0.29) is 18.0 Å². The van der Waals surface area contributed by atoms with E-state index in [1.165, 1.54) is 25.1 Å². The van der Waals surface area contributed by atoms with Crippen molar-refractivity contribution >= 4 is 28.3 Å². The molecule has 1 N–H and O–H groups in total. The lowest BCUT2D eigenvalue weighted by molar-refractivity contribution is -0.137. The predicted molar refractivity (Wildman–Crippen MR) is 92.0 cm³/mol. The number of benzene rings is 2. The molecule has 26 heavy (non-hydrogen) atoms. The third kappa shape index (κ3) is 3.46. The molecule has 0 unspecified atom stereocenters. The number of halogens is 3. The van der Waals surface area contributed by atoms with Crippen molar-refractivity contribution in [2.24, 2.45) is 0 Å². The number of amides is 1. The lowest BCUT2D eigenvalue weighted by Crippen LogP contribution is -2.20. The first-order chi connectivity index (χ1) is 12.3. The first kappa shape index (κ1) is 17.7. The lowest BCUT2D eigenvalue weighted by atomic mass is 10.1. The van der Waals surface area contributed by atoms with Crippen LogP contribution in [0.5, 0.6) is 0 Å². The van der Waals surface area contributed by atoms with Crippen LogP contribution in [0.15, 0.2) is 54.7 Å². The van der Waals surface area contributed by atoms with E-state index in [0.717, 1.165) is 6.07 Å². The summed E-state index contributed by atoms with van der Waals surface area (Å²) in [7, 11) is 0. The van der Waals surface area contributed by atoms with E-state index in [9.17, 15) is 22.8 Å². The van der Waals surface area contributed by atoms with E-state index in [1.807, 2.05) is 0 Å². The Bertz CT molecular complexity index is 990. The fraction of sp³-hybridized carbons (Fsp3) is 0.158. The number of aromatic nitrogens is 1. The van der Waals surface area contributed by atoms with Crippen LogP contribution in [-0.2, 0) is 17.5 Å². The van der Waals surface area contributed by atoms with Crippen molar-refractivity contribution < 1.29 is 22.8 Å². The molecule has 1 heterocycles. The van der Waals surface area contributed by atoms with Gasteiger partial charge in [-0.3, -0.25) is 9.59 Å². The van der Waals surface area contributed by atoms with Crippen molar-refractivity contribution in [2.45, 2.75) is 19.6 Å². The number of rotatable bonds is 4. The Kier molecular flexibility index (Phi) is 4.54. The molecule has 0 saturated carbocycles. The van der Waals surface area contributed by atoms with Crippen molar-refractivity contribution in [3.05, 3.63) is 65.9 Å². The molecule has 134 valence electrons. The van der Waals surface area contributed by atoms with E-state index in [2.05, 4.69) is 5.32 Å². The number of alkyl halides is 3. The maximum atomic E-state index is 13.0. The quantitative estimate of drug-likeness (QED) is 0.697. The third-order valence-corrected chi connectivity index (χ3v) is 3.99. The van der Waals surface area contributed by atoms with Crippen LogP contribution in [0.25, 0.3) is 10.9 Å². The average Bonchev–Trinajstić information content (AvgIpc) is 2.93. The molecule has 0 aliphatic carbocycles. The van der Waals surface area contributed by atoms with Gasteiger partial charge < -0.3 is 9.88 Å². The highest BCUT2D eigenvalue weighted by Crippen LogP contribution is 2.34. The van der Waals surface area contributed by atoms with Gasteiger partial charge in [0.25, 0.3) is 0 Å². The highest BCUT2D eigenvalue weighted by Gasteiger charge is 2.33. The predicted octanol–water partition coefficient (Wildman–Crippen LogP) is 4.50. The molecule has 0 spiro atoms. The van der Waals surface area contributed by atoms with Gasteiger partial charge >= 0.3 is 6.18 Å². The van der Waals surface area contributed by atoms with Crippen LogP contribution in [0.1, 0.15) is 22.8 Å². The molecule has 2 aromatic carbocycles. The number of carbonyl (C=O) groups is 2. The van der Waals surface area contributed by atoms with Gasteiger partial charge in [-0.05, 0) is 25.1 Å². The van der Waals surface area contributed by atoms with E-state index in [0.29, 0.717) is 16.5 Å². The van der Waals surface area contributed by atoms with Gasteiger partial charge in [-0.15, -0.1) is 0 Å². The van der Waals surface area contributed by atoms with E-state index >= 15 is 0 Å². The SMILES string of the molecule is CC(=O)c1cn(CC(=O)Nc2ccccc2C(F)(F)F)c2ccccc12. The minimum atomic E-state index is -4.56. The normalized spacial score (nSPS) is 11.5. The second-order valence-electron chi connectivity index (χ2n) is 5.84. The Labute approximate surface area is 147 Å². The summed E-state index contributed by atoms with van der Waals surface area (Å²) < 4.78 is 40.6. The zero-order chi connectivity index (χ0) is 18.9. The zero-order valence-corrected chi connectivity index (χ0v) is 13.8. The molecule has 3 aromatic rings. The second-order valence-corrected chi connectivity index (χ2v) is 5.84. The van der Waals surface area contributed by atoms with Crippen LogP contribution in [0.4, 0.5) is 18.9 Å². The molecule has 0 aliphatic rings. The fourth-order valence-corrected chi connectivity index (χ4v) is 2.84. The number of anilines is 1. The summed E-state index contributed by atoms with van der Waals surface area (Å²) in [5.41, 5.74) is -0.0792. The second kappa shape index (κ2) is 6.67. The monoisotopic (exact) mass is 360 g/mol. The molecule has 3 rings (SSSR count). The number of nitrogens with zero attached hydrogens (tertiary/aromatic N) is 1. The largest absolute Gasteiger partial charge is 0.418 e. The molecule has 7 heteroatoms. The van der Waals surface area contributed by atoms with Gasteiger partial charge in [0.15, 0.2) is 5.78 Å². The number of para-hydroxylation sites is 2. The third-order valence-electron chi connectivity index (χ3n) is 3.99. The van der Waals surface area contributed by atoms with Crippen molar-refractivity contribution in [2.75, 3.05) is 5.32 Å². The van der Waals surface area contributed by atoms with Gasteiger partial charge in [-0.25, -0.2) is 0 Å². The number of nitrogens with one attached hydrogen (secondary N) is 1. The Balaban J connectivity index is 1.89. The van der Waals surface area contributed by atoms with Crippen LogP contribution < -0.4 is 5.32 Å². The highest BCUT2D eigenvalue weighted by atomic mass is 19.4. The first-order valence-corrected chi connectivity index (χ1v) is 7.82. The summed E-state index contributed by atoms with van der Waals surface area (Å²) in [5.74, 6) is -0.764. The number of fused-ring (bicyclic) bond motifs is 1. The summed E-state index contributed by atoms with van der Waals surface area (Å²) in [6.07, 6.45) is -3.02. The Morgan fingerprint density at radius 2 is 1.69 bits per heavy atom. The summed E-state index contributed by atoms with van der Waals surface area (Å²) in [6, 6.07) is 11.8. The molecule has 0 fully saturated rings. The molecule has 1 aromatic heterocycles. The summed E-state index contributed by atoms with van der Waals surface area (Å²) in [6.45, 7) is 1.21. The lowest BCUT2D eigenvalue weighted by Gasteiger charge is -2.14. The van der Waals surface area contributed by atoms with Crippen LogP contribution in [-0.4, -0.2) is 16.3 Å². The van der Waals surface area contributed by atoms with E-state index < -0.39 is 17.6 Å². The summed E-state index contributed by atoms with van der Waals surface area (Å²) in [5, 5.41) is 3.00. The van der Waals surface area contributed by atoms with Gasteiger partial charge in [0.05, 0.1) is 11.3 Å². The standard InChI is InChI=1S/C19H15F3N2O2/c1-12(25)14-10-24(17-9-5-2-6-13(14)17)11-18(26)23-16-8-4-3-7-15(16)19(20,21)22/h2-10H,11H2,1H3,(H,23,26). The average molecular weight is 360 g/mol.